The quantitative estimate of drug-likeness (QED) is 0.263. The second-order valence-electron chi connectivity index (χ2n) is 13.1. The molecule has 3 heterocycles. The molecule has 0 radical (unpaired) electrons. The van der Waals surface area contributed by atoms with Gasteiger partial charge in [0.25, 0.3) is 10.1 Å². The summed E-state index contributed by atoms with van der Waals surface area (Å²) in [6, 6.07) is 0. The summed E-state index contributed by atoms with van der Waals surface area (Å²) in [5.41, 5.74) is 4.69. The largest absolute Gasteiger partial charge is 0.461 e. The molecular weight excluding hydrogens is 561 g/mol. The van der Waals surface area contributed by atoms with E-state index in [1.807, 2.05) is 13.1 Å². The van der Waals surface area contributed by atoms with Gasteiger partial charge >= 0.3 is 5.97 Å². The number of carbonyl (C=O) groups is 1. The molecule has 1 aromatic heterocycles. The van der Waals surface area contributed by atoms with Crippen LogP contribution in [0.3, 0.4) is 0 Å². The Morgan fingerprint density at radius 3 is 2.21 bits per heavy atom. The number of nitrogens with zero attached hydrogens (tertiary/aromatic N) is 3. The fraction of sp³-hybridized carbons (Fsp3) is 0.792. The monoisotopic (exact) mass is 604 g/mol. The SMILES string of the molecule is CCOC(=O)c1cnnn1[C@@H]1OC(CO[Si](C)(C)C(C)(C)C)C2(OS(=O)(=O)C=C2N)[C@H]1O[Si](C)(C)C(C)(C)C. The van der Waals surface area contributed by atoms with E-state index in [2.05, 4.69) is 64.9 Å². The average Bonchev–Trinajstić information content (AvgIpc) is 3.41. The Bertz CT molecular complexity index is 1220. The number of aromatic nitrogens is 3. The first-order chi connectivity index (χ1) is 17.6. The molecule has 2 N–H and O–H groups in total. The van der Waals surface area contributed by atoms with Crippen LogP contribution in [0.2, 0.25) is 36.3 Å². The number of hydrogen-bond donors (Lipinski definition) is 1. The molecule has 12 nitrogen and oxygen atoms in total. The Morgan fingerprint density at radius 1 is 1.13 bits per heavy atom. The van der Waals surface area contributed by atoms with Gasteiger partial charge in [0, 0.05) is 0 Å². The molecule has 2 aliphatic rings. The van der Waals surface area contributed by atoms with Gasteiger partial charge in [0.05, 0.1) is 30.5 Å². The fourth-order valence-electron chi connectivity index (χ4n) is 3.97. The lowest BCUT2D eigenvalue weighted by atomic mass is 9.89. The van der Waals surface area contributed by atoms with Crippen molar-refractivity contribution in [3.8, 4) is 0 Å². The molecule has 0 amide bonds. The average molecular weight is 605 g/mol. The number of esters is 1. The minimum Gasteiger partial charge on any atom is -0.461 e. The summed E-state index contributed by atoms with van der Waals surface area (Å²) < 4.78 is 57.8. The summed E-state index contributed by atoms with van der Waals surface area (Å²) in [6.45, 7) is 22.5. The van der Waals surface area contributed by atoms with Gasteiger partial charge in [-0.2, -0.15) is 8.42 Å². The van der Waals surface area contributed by atoms with Crippen molar-refractivity contribution < 1.29 is 35.7 Å². The van der Waals surface area contributed by atoms with Crippen molar-refractivity contribution in [2.75, 3.05) is 13.2 Å². The summed E-state index contributed by atoms with van der Waals surface area (Å²) in [6.07, 6.45) is -1.95. The highest BCUT2D eigenvalue weighted by Gasteiger charge is 2.67. The molecule has 0 aromatic carbocycles. The number of carbonyl (C=O) groups excluding carboxylic acids is 1. The van der Waals surface area contributed by atoms with Crippen LogP contribution in [0.5, 0.6) is 0 Å². The van der Waals surface area contributed by atoms with Crippen molar-refractivity contribution in [1.82, 2.24) is 15.0 Å². The van der Waals surface area contributed by atoms with E-state index in [1.165, 1.54) is 10.9 Å². The Kier molecular flexibility index (Phi) is 8.45. The van der Waals surface area contributed by atoms with E-state index in [9.17, 15) is 13.2 Å². The predicted octanol–water partition coefficient (Wildman–Crippen LogP) is 3.66. The minimum atomic E-state index is -4.17. The molecular formula is C24H44N4O8SSi2. The van der Waals surface area contributed by atoms with E-state index in [4.69, 9.17) is 28.2 Å². The van der Waals surface area contributed by atoms with Gasteiger partial charge in [-0.3, -0.25) is 0 Å². The van der Waals surface area contributed by atoms with E-state index in [0.29, 0.717) is 0 Å². The van der Waals surface area contributed by atoms with Gasteiger partial charge < -0.3 is 24.1 Å². The Labute approximate surface area is 233 Å². The van der Waals surface area contributed by atoms with Crippen LogP contribution in [0.15, 0.2) is 17.3 Å². The molecule has 0 bridgehead atoms. The fourth-order valence-corrected chi connectivity index (χ4v) is 7.48. The molecule has 0 saturated carbocycles. The number of rotatable bonds is 8. The highest BCUT2D eigenvalue weighted by molar-refractivity contribution is 7.90. The molecule has 1 spiro atoms. The second-order valence-corrected chi connectivity index (χ2v) is 24.1. The van der Waals surface area contributed by atoms with Crippen molar-refractivity contribution in [3.63, 3.8) is 0 Å². The minimum absolute atomic E-state index is 0.0160. The summed E-state index contributed by atoms with van der Waals surface area (Å²) in [5, 5.41) is 8.54. The maximum atomic E-state index is 12.9. The maximum Gasteiger partial charge on any atom is 0.358 e. The van der Waals surface area contributed by atoms with Crippen LogP contribution in [0.25, 0.3) is 0 Å². The summed E-state index contributed by atoms with van der Waals surface area (Å²) >= 11 is 0. The predicted molar refractivity (Wildman–Crippen MR) is 150 cm³/mol. The van der Waals surface area contributed by atoms with Gasteiger partial charge in [-0.1, -0.05) is 46.8 Å². The Balaban J connectivity index is 2.20. The first-order valence-corrected chi connectivity index (χ1v) is 20.4. The zero-order chi connectivity index (χ0) is 29.8. The maximum absolute atomic E-state index is 12.9. The van der Waals surface area contributed by atoms with Gasteiger partial charge in [-0.05, 0) is 43.2 Å². The lowest BCUT2D eigenvalue weighted by Crippen LogP contribution is -2.59. The summed E-state index contributed by atoms with van der Waals surface area (Å²) in [7, 11) is -9.10. The molecule has 3 rings (SSSR count). The smallest absolute Gasteiger partial charge is 0.358 e. The number of hydrogen-bond acceptors (Lipinski definition) is 11. The number of nitrogens with two attached hydrogens (primary N) is 1. The van der Waals surface area contributed by atoms with Crippen molar-refractivity contribution in [2.45, 2.75) is 109 Å². The summed E-state index contributed by atoms with van der Waals surface area (Å²) in [4.78, 5) is 12.8. The molecule has 222 valence electrons. The number of ether oxygens (including phenoxy) is 2. The molecule has 1 saturated heterocycles. The van der Waals surface area contributed by atoms with Gasteiger partial charge in [0.15, 0.2) is 34.2 Å². The van der Waals surface area contributed by atoms with Crippen molar-refractivity contribution >= 4 is 32.7 Å². The third-order valence-corrected chi connectivity index (χ3v) is 18.4. The Hall–Kier alpha value is -1.63. The molecule has 1 aromatic rings. The van der Waals surface area contributed by atoms with Crippen LogP contribution in [0, 0.1) is 0 Å². The molecule has 0 aliphatic carbocycles. The molecule has 39 heavy (non-hydrogen) atoms. The zero-order valence-corrected chi connectivity index (χ0v) is 27.7. The van der Waals surface area contributed by atoms with E-state index in [-0.39, 0.29) is 34.7 Å². The normalized spacial score (nSPS) is 27.7. The van der Waals surface area contributed by atoms with Crippen LogP contribution in [0.4, 0.5) is 0 Å². The third-order valence-electron chi connectivity index (χ3n) is 8.37. The molecule has 2 aliphatic heterocycles. The molecule has 15 heteroatoms. The highest BCUT2D eigenvalue weighted by Crippen LogP contribution is 2.52. The summed E-state index contributed by atoms with van der Waals surface area (Å²) in [5.74, 6) is -0.657. The van der Waals surface area contributed by atoms with Crippen LogP contribution in [0.1, 0.15) is 65.2 Å². The van der Waals surface area contributed by atoms with Crippen LogP contribution < -0.4 is 5.73 Å². The van der Waals surface area contributed by atoms with Crippen LogP contribution >= 0.6 is 0 Å². The first-order valence-electron chi connectivity index (χ1n) is 13.1. The Morgan fingerprint density at radius 2 is 1.72 bits per heavy atom. The van der Waals surface area contributed by atoms with Gasteiger partial charge in [0.2, 0.25) is 0 Å². The van der Waals surface area contributed by atoms with Crippen molar-refractivity contribution in [1.29, 1.82) is 0 Å². The topological polar surface area (TPSA) is 154 Å². The zero-order valence-electron chi connectivity index (χ0n) is 24.9. The van der Waals surface area contributed by atoms with Gasteiger partial charge in [0.1, 0.15) is 12.2 Å². The van der Waals surface area contributed by atoms with Crippen LogP contribution in [-0.2, 0) is 32.6 Å². The van der Waals surface area contributed by atoms with Crippen molar-refractivity contribution in [3.05, 3.63) is 23.0 Å². The second kappa shape index (κ2) is 10.3. The lowest BCUT2D eigenvalue weighted by Gasteiger charge is -2.43. The van der Waals surface area contributed by atoms with E-state index < -0.39 is 56.8 Å². The third kappa shape index (κ3) is 5.90. The van der Waals surface area contributed by atoms with E-state index >= 15 is 0 Å². The molecule has 1 fully saturated rings. The van der Waals surface area contributed by atoms with E-state index in [0.717, 1.165) is 5.41 Å². The lowest BCUT2D eigenvalue weighted by molar-refractivity contribution is -0.0606. The van der Waals surface area contributed by atoms with Crippen molar-refractivity contribution in [2.24, 2.45) is 5.73 Å². The van der Waals surface area contributed by atoms with Gasteiger partial charge in [-0.25, -0.2) is 13.7 Å². The first kappa shape index (κ1) is 31.9. The van der Waals surface area contributed by atoms with Crippen LogP contribution in [-0.4, -0.2) is 77.0 Å². The molecule has 4 atom stereocenters. The van der Waals surface area contributed by atoms with Gasteiger partial charge in [-0.15, -0.1) is 5.10 Å². The highest BCUT2D eigenvalue weighted by atomic mass is 32.2. The van der Waals surface area contributed by atoms with E-state index in [1.54, 1.807) is 6.92 Å². The molecule has 2 unspecified atom stereocenters. The standard InChI is InChI=1S/C24H44N4O8SSi2/c1-12-32-21(29)16-13-26-27-28(16)20-19(35-39(10,11)23(5,6)7)24(17(25)15-37(30,31)36-24)18(34-20)14-33-38(8,9)22(2,3)4/h13,15,18-20H,12,14,25H2,1-11H3/t18?,19-,20+,24?/m0/s1.